The fraction of sp³-hybridized carbons (Fsp3) is 0.400. The van der Waals surface area contributed by atoms with Crippen molar-refractivity contribution in [2.75, 3.05) is 38.1 Å². The third kappa shape index (κ3) is 3.00. The van der Waals surface area contributed by atoms with Crippen molar-refractivity contribution < 1.29 is 0 Å². The van der Waals surface area contributed by atoms with Crippen molar-refractivity contribution >= 4 is 29.1 Å². The molecule has 0 amide bonds. The zero-order chi connectivity index (χ0) is 17.4. The summed E-state index contributed by atoms with van der Waals surface area (Å²) >= 11 is 0. The maximum atomic E-state index is 5.01. The van der Waals surface area contributed by atoms with Crippen LogP contribution in [0.4, 0.5) is 11.4 Å². The first-order chi connectivity index (χ1) is 12.2. The van der Waals surface area contributed by atoms with Crippen molar-refractivity contribution in [1.82, 2.24) is 9.80 Å². The summed E-state index contributed by atoms with van der Waals surface area (Å²) in [5.41, 5.74) is 3.31. The van der Waals surface area contributed by atoms with E-state index in [0.717, 1.165) is 49.2 Å². The summed E-state index contributed by atoms with van der Waals surface area (Å²) in [4.78, 5) is 16.8. The molecule has 3 aliphatic rings. The number of fused-ring (bicyclic) bond motifs is 3. The zero-order valence-corrected chi connectivity index (χ0v) is 15.2. The minimum Gasteiger partial charge on any atom is -0.351 e. The van der Waals surface area contributed by atoms with Crippen molar-refractivity contribution in [2.45, 2.75) is 19.9 Å². The van der Waals surface area contributed by atoms with Gasteiger partial charge < -0.3 is 9.80 Å². The number of hydrogen-bond donors (Lipinski definition) is 0. The Morgan fingerprint density at radius 2 is 1.92 bits per heavy atom. The molecule has 0 radical (unpaired) electrons. The number of allylic oxidation sites excluding steroid dienone is 1. The Morgan fingerprint density at radius 1 is 1.12 bits per heavy atom. The minimum absolute atomic E-state index is 0.184. The molecule has 4 rings (SSSR count). The van der Waals surface area contributed by atoms with Crippen LogP contribution >= 0.6 is 0 Å². The number of likely N-dealkylation sites (N-methyl/N-ethyl adjacent to an activating group) is 1. The highest BCUT2D eigenvalue weighted by Crippen LogP contribution is 2.36. The second kappa shape index (κ2) is 6.48. The molecular weight excluding hydrogens is 310 g/mol. The number of hydrogen-bond acceptors (Lipinski definition) is 5. The molecule has 5 nitrogen and oxygen atoms in total. The minimum atomic E-state index is 0.184. The molecule has 5 heteroatoms. The van der Waals surface area contributed by atoms with Crippen LogP contribution in [0, 0.1) is 0 Å². The molecule has 1 atom stereocenters. The van der Waals surface area contributed by atoms with Crippen molar-refractivity contribution in [2.24, 2.45) is 9.98 Å². The third-order valence-electron chi connectivity index (χ3n) is 4.92. The van der Waals surface area contributed by atoms with Gasteiger partial charge in [-0.25, -0.2) is 4.99 Å². The smallest absolute Gasteiger partial charge is 0.176 e. The molecule has 0 bridgehead atoms. The van der Waals surface area contributed by atoms with E-state index in [-0.39, 0.29) is 6.04 Å². The number of piperazine rings is 1. The van der Waals surface area contributed by atoms with Crippen LogP contribution in [-0.2, 0) is 0 Å². The van der Waals surface area contributed by atoms with Crippen molar-refractivity contribution in [3.63, 3.8) is 0 Å². The largest absolute Gasteiger partial charge is 0.351 e. The molecule has 0 N–H and O–H groups in total. The Balaban J connectivity index is 1.78. The highest BCUT2D eigenvalue weighted by atomic mass is 15.3. The molecule has 25 heavy (non-hydrogen) atoms. The van der Waals surface area contributed by atoms with Crippen LogP contribution in [0.1, 0.15) is 19.4 Å². The predicted molar refractivity (Wildman–Crippen MR) is 106 cm³/mol. The van der Waals surface area contributed by atoms with Gasteiger partial charge in [0.25, 0.3) is 0 Å². The highest BCUT2D eigenvalue weighted by molar-refractivity contribution is 6.47. The SMILES string of the molecule is C/C=C/c1ccc2c(c1)N1C=CC(C)N=C1C(N1CCN(C)CC1)=N2. The lowest BCUT2D eigenvalue weighted by atomic mass is 10.1. The van der Waals surface area contributed by atoms with E-state index < -0.39 is 0 Å². The van der Waals surface area contributed by atoms with Crippen LogP contribution < -0.4 is 4.90 Å². The van der Waals surface area contributed by atoms with E-state index in [0.29, 0.717) is 0 Å². The number of rotatable bonds is 1. The Kier molecular flexibility index (Phi) is 4.17. The molecule has 0 spiro atoms. The Morgan fingerprint density at radius 3 is 2.68 bits per heavy atom. The van der Waals surface area contributed by atoms with E-state index in [1.807, 2.05) is 6.92 Å². The normalized spacial score (nSPS) is 23.4. The topological polar surface area (TPSA) is 34.4 Å². The van der Waals surface area contributed by atoms with E-state index >= 15 is 0 Å². The van der Waals surface area contributed by atoms with E-state index in [4.69, 9.17) is 9.98 Å². The Hall–Kier alpha value is -2.40. The Labute approximate surface area is 149 Å². The van der Waals surface area contributed by atoms with E-state index in [1.165, 1.54) is 5.56 Å². The molecule has 3 heterocycles. The van der Waals surface area contributed by atoms with Gasteiger partial charge in [0.2, 0.25) is 0 Å². The standard InChI is InChI=1S/C20H25N5/c1-4-5-16-6-7-17-18(14-16)25-9-8-15(2)21-20(25)19(22-17)24-12-10-23(3)11-13-24/h4-9,14-15H,10-13H2,1-3H3/b5-4+. The van der Waals surface area contributed by atoms with Gasteiger partial charge in [-0.3, -0.25) is 9.89 Å². The van der Waals surface area contributed by atoms with Crippen LogP contribution in [0.15, 0.2) is 46.5 Å². The molecule has 1 unspecified atom stereocenters. The van der Waals surface area contributed by atoms with Gasteiger partial charge in [-0.1, -0.05) is 18.2 Å². The van der Waals surface area contributed by atoms with Gasteiger partial charge in [0.1, 0.15) is 0 Å². The monoisotopic (exact) mass is 335 g/mol. The van der Waals surface area contributed by atoms with Gasteiger partial charge in [-0.2, -0.15) is 0 Å². The summed E-state index contributed by atoms with van der Waals surface area (Å²) in [6.07, 6.45) is 8.47. The summed E-state index contributed by atoms with van der Waals surface area (Å²) < 4.78 is 0. The fourth-order valence-corrected chi connectivity index (χ4v) is 3.46. The number of anilines is 1. The van der Waals surface area contributed by atoms with Gasteiger partial charge in [0, 0.05) is 32.4 Å². The van der Waals surface area contributed by atoms with E-state index in [1.54, 1.807) is 0 Å². The molecule has 0 aliphatic carbocycles. The maximum Gasteiger partial charge on any atom is 0.176 e. The number of benzene rings is 1. The van der Waals surface area contributed by atoms with Crippen LogP contribution in [0.2, 0.25) is 0 Å². The van der Waals surface area contributed by atoms with Crippen molar-refractivity contribution in [3.8, 4) is 0 Å². The highest BCUT2D eigenvalue weighted by Gasteiger charge is 2.32. The quantitative estimate of drug-likeness (QED) is 0.791. The average Bonchev–Trinajstić information content (AvgIpc) is 2.62. The molecule has 0 aromatic heterocycles. The van der Waals surface area contributed by atoms with Gasteiger partial charge in [0.15, 0.2) is 11.7 Å². The number of amidine groups is 2. The van der Waals surface area contributed by atoms with Gasteiger partial charge in [-0.05, 0) is 44.7 Å². The first kappa shape index (κ1) is 16.1. The van der Waals surface area contributed by atoms with Gasteiger partial charge >= 0.3 is 0 Å². The Bertz CT molecular complexity index is 781. The average molecular weight is 335 g/mol. The van der Waals surface area contributed by atoms with Gasteiger partial charge in [0.05, 0.1) is 17.4 Å². The lowest BCUT2D eigenvalue weighted by Gasteiger charge is -2.39. The van der Waals surface area contributed by atoms with Gasteiger partial charge in [-0.15, -0.1) is 0 Å². The third-order valence-corrected chi connectivity index (χ3v) is 4.92. The number of nitrogens with zero attached hydrogens (tertiary/aromatic N) is 5. The molecular formula is C20H25N5. The summed E-state index contributed by atoms with van der Waals surface area (Å²) in [5, 5.41) is 0. The van der Waals surface area contributed by atoms with Crippen LogP contribution in [0.5, 0.6) is 0 Å². The fourth-order valence-electron chi connectivity index (χ4n) is 3.46. The first-order valence-corrected chi connectivity index (χ1v) is 9.00. The van der Waals surface area contributed by atoms with Crippen molar-refractivity contribution in [1.29, 1.82) is 0 Å². The molecule has 1 saturated heterocycles. The molecule has 1 fully saturated rings. The van der Waals surface area contributed by atoms with Crippen LogP contribution in [0.25, 0.3) is 6.08 Å². The summed E-state index contributed by atoms with van der Waals surface area (Å²) in [7, 11) is 2.17. The second-order valence-corrected chi connectivity index (χ2v) is 6.88. The summed E-state index contributed by atoms with van der Waals surface area (Å²) in [6, 6.07) is 6.62. The number of aliphatic imine (C=N–C) groups is 2. The van der Waals surface area contributed by atoms with Crippen LogP contribution in [-0.4, -0.2) is 60.7 Å². The molecule has 0 saturated carbocycles. The maximum absolute atomic E-state index is 5.01. The molecule has 1 aromatic carbocycles. The van der Waals surface area contributed by atoms with Crippen LogP contribution in [0.3, 0.4) is 0 Å². The molecule has 3 aliphatic heterocycles. The van der Waals surface area contributed by atoms with Crippen molar-refractivity contribution in [3.05, 3.63) is 42.1 Å². The summed E-state index contributed by atoms with van der Waals surface area (Å²) in [5.74, 6) is 1.99. The lowest BCUT2D eigenvalue weighted by molar-refractivity contribution is 0.217. The lowest BCUT2D eigenvalue weighted by Crippen LogP contribution is -2.53. The molecule has 1 aromatic rings. The molecule has 130 valence electrons. The summed E-state index contributed by atoms with van der Waals surface area (Å²) in [6.45, 7) is 8.26. The second-order valence-electron chi connectivity index (χ2n) is 6.88. The first-order valence-electron chi connectivity index (χ1n) is 9.00. The van der Waals surface area contributed by atoms with E-state index in [9.17, 15) is 0 Å². The van der Waals surface area contributed by atoms with E-state index in [2.05, 4.69) is 71.3 Å². The predicted octanol–water partition coefficient (Wildman–Crippen LogP) is 3.13. The zero-order valence-electron chi connectivity index (χ0n) is 15.2.